The number of amides is 2. The number of benzene rings is 2. The second-order valence-corrected chi connectivity index (χ2v) is 11.2. The van der Waals surface area contributed by atoms with Crippen molar-refractivity contribution in [2.75, 3.05) is 45.2 Å². The second-order valence-electron chi connectivity index (χ2n) is 9.44. The molecule has 1 saturated carbocycles. The molecule has 10 heteroatoms. The van der Waals surface area contributed by atoms with Gasteiger partial charge in [0.05, 0.1) is 4.90 Å². The third-order valence-corrected chi connectivity index (χ3v) is 8.17. The summed E-state index contributed by atoms with van der Waals surface area (Å²) in [7, 11) is -1.54. The van der Waals surface area contributed by atoms with Gasteiger partial charge >= 0.3 is 0 Å². The molecule has 0 aromatic heterocycles. The maximum Gasteiger partial charge on any atom is 0.262 e. The third kappa shape index (κ3) is 7.05. The van der Waals surface area contributed by atoms with E-state index in [0.717, 1.165) is 45.2 Å². The minimum atomic E-state index is -3.58. The first-order chi connectivity index (χ1) is 17.3. The van der Waals surface area contributed by atoms with Crippen molar-refractivity contribution in [3.63, 3.8) is 0 Å². The highest BCUT2D eigenvalue weighted by atomic mass is 32.2. The minimum absolute atomic E-state index is 0.0105. The number of sulfonamides is 1. The van der Waals surface area contributed by atoms with Gasteiger partial charge in [-0.05, 0) is 68.4 Å². The van der Waals surface area contributed by atoms with Crippen LogP contribution in [0.2, 0.25) is 0 Å². The zero-order chi connectivity index (χ0) is 25.5. The Hall–Kier alpha value is -2.95. The van der Waals surface area contributed by atoms with E-state index in [1.165, 1.54) is 12.1 Å². The lowest BCUT2D eigenvalue weighted by molar-refractivity contribution is -0.118. The second kappa shape index (κ2) is 11.9. The number of piperazine rings is 1. The van der Waals surface area contributed by atoms with E-state index in [-0.39, 0.29) is 29.4 Å². The van der Waals surface area contributed by atoms with E-state index in [1.807, 2.05) is 11.9 Å². The molecule has 2 aliphatic rings. The number of likely N-dealkylation sites (N-methyl/N-ethyl adjacent to an activating group) is 1. The van der Waals surface area contributed by atoms with Crippen LogP contribution in [0.15, 0.2) is 53.4 Å². The average molecular weight is 515 g/mol. The van der Waals surface area contributed by atoms with Gasteiger partial charge in [-0.2, -0.15) is 0 Å². The van der Waals surface area contributed by atoms with Gasteiger partial charge in [0.15, 0.2) is 6.61 Å². The highest BCUT2D eigenvalue weighted by Crippen LogP contribution is 2.21. The molecular weight excluding hydrogens is 480 g/mol. The molecular formula is C26H34N4O5S. The molecule has 1 heterocycles. The molecule has 0 radical (unpaired) electrons. The third-order valence-electron chi connectivity index (χ3n) is 6.64. The highest BCUT2D eigenvalue weighted by molar-refractivity contribution is 7.89. The molecule has 0 bridgehead atoms. The number of nitrogens with zero attached hydrogens (tertiary/aromatic N) is 2. The average Bonchev–Trinajstić information content (AvgIpc) is 2.88. The minimum Gasteiger partial charge on any atom is -0.484 e. The summed E-state index contributed by atoms with van der Waals surface area (Å²) < 4.78 is 33.5. The number of hydrogen-bond donors (Lipinski definition) is 2. The van der Waals surface area contributed by atoms with Crippen molar-refractivity contribution >= 4 is 27.5 Å². The molecule has 1 saturated heterocycles. The predicted molar refractivity (Wildman–Crippen MR) is 138 cm³/mol. The first-order valence-electron chi connectivity index (χ1n) is 12.4. The van der Waals surface area contributed by atoms with Crippen molar-refractivity contribution in [2.24, 2.45) is 0 Å². The molecule has 0 atom stereocenters. The fraction of sp³-hybridized carbons (Fsp3) is 0.462. The van der Waals surface area contributed by atoms with Gasteiger partial charge < -0.3 is 19.9 Å². The van der Waals surface area contributed by atoms with Gasteiger partial charge in [-0.1, -0.05) is 19.3 Å². The molecule has 194 valence electrons. The number of anilines is 1. The van der Waals surface area contributed by atoms with E-state index in [0.29, 0.717) is 30.1 Å². The van der Waals surface area contributed by atoms with Crippen LogP contribution < -0.4 is 14.8 Å². The van der Waals surface area contributed by atoms with Crippen LogP contribution >= 0.6 is 0 Å². The SMILES string of the molecule is CN1CCN(C(=O)c2ccc(NC(=O)COc3ccc(S(=O)(=O)NC4CCCCC4)cc3)cc2)CC1. The van der Waals surface area contributed by atoms with Gasteiger partial charge in [0.2, 0.25) is 10.0 Å². The summed E-state index contributed by atoms with van der Waals surface area (Å²) in [6.45, 7) is 2.89. The van der Waals surface area contributed by atoms with Crippen molar-refractivity contribution < 1.29 is 22.7 Å². The summed E-state index contributed by atoms with van der Waals surface area (Å²) in [5.74, 6) is 0.0300. The summed E-state index contributed by atoms with van der Waals surface area (Å²) in [6.07, 6.45) is 4.97. The number of hydrogen-bond acceptors (Lipinski definition) is 6. The van der Waals surface area contributed by atoms with E-state index in [9.17, 15) is 18.0 Å². The Bertz CT molecular complexity index is 1140. The molecule has 2 amide bonds. The first-order valence-corrected chi connectivity index (χ1v) is 13.9. The van der Waals surface area contributed by atoms with Gasteiger partial charge in [0.1, 0.15) is 5.75 Å². The molecule has 9 nitrogen and oxygen atoms in total. The fourth-order valence-electron chi connectivity index (χ4n) is 4.46. The summed E-state index contributed by atoms with van der Waals surface area (Å²) in [6, 6.07) is 12.8. The molecule has 2 N–H and O–H groups in total. The van der Waals surface area contributed by atoms with Crippen LogP contribution in [-0.4, -0.2) is 75.9 Å². The molecule has 1 aliphatic heterocycles. The first kappa shape index (κ1) is 26.1. The largest absolute Gasteiger partial charge is 0.484 e. The van der Waals surface area contributed by atoms with Crippen LogP contribution in [-0.2, 0) is 14.8 Å². The Morgan fingerprint density at radius 3 is 2.19 bits per heavy atom. The smallest absolute Gasteiger partial charge is 0.262 e. The van der Waals surface area contributed by atoms with Crippen molar-refractivity contribution in [3.8, 4) is 5.75 Å². The van der Waals surface area contributed by atoms with E-state index in [2.05, 4.69) is 14.9 Å². The Labute approximate surface area is 212 Å². The van der Waals surface area contributed by atoms with Gasteiger partial charge in [0, 0.05) is 43.5 Å². The predicted octanol–water partition coefficient (Wildman–Crippen LogP) is 2.70. The van der Waals surface area contributed by atoms with Crippen LogP contribution in [0.5, 0.6) is 5.75 Å². The summed E-state index contributed by atoms with van der Waals surface area (Å²) in [5.41, 5.74) is 1.15. The molecule has 2 aromatic rings. The molecule has 36 heavy (non-hydrogen) atoms. The Morgan fingerprint density at radius 1 is 0.917 bits per heavy atom. The number of carbonyl (C=O) groups is 2. The van der Waals surface area contributed by atoms with Crippen molar-refractivity contribution in [1.29, 1.82) is 0 Å². The van der Waals surface area contributed by atoms with Gasteiger partial charge in [-0.3, -0.25) is 9.59 Å². The Kier molecular flexibility index (Phi) is 8.60. The number of ether oxygens (including phenoxy) is 1. The van der Waals surface area contributed by atoms with E-state index in [1.54, 1.807) is 36.4 Å². The monoisotopic (exact) mass is 514 g/mol. The van der Waals surface area contributed by atoms with Gasteiger partial charge in [-0.25, -0.2) is 13.1 Å². The maximum absolute atomic E-state index is 12.6. The standard InChI is InChI=1S/C26H34N4O5S/c1-29-15-17-30(18-16-29)26(32)20-7-9-21(10-8-20)27-25(31)19-35-23-11-13-24(14-12-23)36(33,34)28-22-5-3-2-4-6-22/h7-14,22,28H,2-6,15-19H2,1H3,(H,27,31). The van der Waals surface area contributed by atoms with E-state index >= 15 is 0 Å². The van der Waals surface area contributed by atoms with Crippen LogP contribution in [0.1, 0.15) is 42.5 Å². The highest BCUT2D eigenvalue weighted by Gasteiger charge is 2.22. The molecule has 0 unspecified atom stereocenters. The summed E-state index contributed by atoms with van der Waals surface area (Å²) in [5, 5.41) is 2.74. The van der Waals surface area contributed by atoms with Crippen LogP contribution in [0, 0.1) is 0 Å². The van der Waals surface area contributed by atoms with Crippen LogP contribution in [0.4, 0.5) is 5.69 Å². The molecule has 1 aliphatic carbocycles. The molecule has 2 aromatic carbocycles. The Balaban J connectivity index is 1.24. The number of rotatable bonds is 8. The lowest BCUT2D eigenvalue weighted by Gasteiger charge is -2.32. The lowest BCUT2D eigenvalue weighted by atomic mass is 9.96. The molecule has 2 fully saturated rings. The van der Waals surface area contributed by atoms with Crippen LogP contribution in [0.25, 0.3) is 0 Å². The van der Waals surface area contributed by atoms with Crippen molar-refractivity contribution in [1.82, 2.24) is 14.5 Å². The van der Waals surface area contributed by atoms with Gasteiger partial charge in [-0.15, -0.1) is 0 Å². The zero-order valence-electron chi connectivity index (χ0n) is 20.6. The molecule has 4 rings (SSSR count). The van der Waals surface area contributed by atoms with Crippen LogP contribution in [0.3, 0.4) is 0 Å². The zero-order valence-corrected chi connectivity index (χ0v) is 21.4. The normalized spacial score (nSPS) is 17.5. The van der Waals surface area contributed by atoms with Crippen molar-refractivity contribution in [3.05, 3.63) is 54.1 Å². The fourth-order valence-corrected chi connectivity index (χ4v) is 5.76. The maximum atomic E-state index is 12.6. The topological polar surface area (TPSA) is 108 Å². The lowest BCUT2D eigenvalue weighted by Crippen LogP contribution is -2.47. The number of nitrogens with one attached hydrogen (secondary N) is 2. The summed E-state index contributed by atoms with van der Waals surface area (Å²) >= 11 is 0. The van der Waals surface area contributed by atoms with E-state index < -0.39 is 10.0 Å². The quantitative estimate of drug-likeness (QED) is 0.561. The Morgan fingerprint density at radius 2 is 1.56 bits per heavy atom. The van der Waals surface area contributed by atoms with Crippen molar-refractivity contribution in [2.45, 2.75) is 43.0 Å². The molecule has 0 spiro atoms. The van der Waals surface area contributed by atoms with Gasteiger partial charge in [0.25, 0.3) is 11.8 Å². The van der Waals surface area contributed by atoms with E-state index in [4.69, 9.17) is 4.74 Å². The summed E-state index contributed by atoms with van der Waals surface area (Å²) in [4.78, 5) is 29.2. The number of carbonyl (C=O) groups excluding carboxylic acids is 2.